The van der Waals surface area contributed by atoms with E-state index in [9.17, 15) is 9.59 Å². The van der Waals surface area contributed by atoms with Crippen LogP contribution in [0.2, 0.25) is 0 Å². The van der Waals surface area contributed by atoms with Crippen LogP contribution >= 0.6 is 11.8 Å². The number of hydrogen-bond donors (Lipinski definition) is 2. The molecule has 5 nitrogen and oxygen atoms in total. The van der Waals surface area contributed by atoms with Crippen molar-refractivity contribution in [1.82, 2.24) is 10.2 Å². The van der Waals surface area contributed by atoms with Crippen molar-refractivity contribution < 1.29 is 14.7 Å². The van der Waals surface area contributed by atoms with Crippen molar-refractivity contribution in [2.75, 3.05) is 25.1 Å². The molecule has 0 aromatic heterocycles. The van der Waals surface area contributed by atoms with Crippen LogP contribution in [0.4, 0.5) is 4.79 Å². The van der Waals surface area contributed by atoms with Gasteiger partial charge in [0, 0.05) is 6.54 Å². The first-order valence-electron chi connectivity index (χ1n) is 5.27. The van der Waals surface area contributed by atoms with Crippen molar-refractivity contribution in [3.63, 3.8) is 0 Å². The number of carboxylic acids is 1. The fourth-order valence-corrected chi connectivity index (χ4v) is 1.64. The molecule has 0 saturated carbocycles. The second-order valence-electron chi connectivity index (χ2n) is 3.34. The van der Waals surface area contributed by atoms with Crippen LogP contribution in [0.5, 0.6) is 0 Å². The average molecular weight is 258 g/mol. The lowest BCUT2D eigenvalue weighted by atomic mass is 10.2. The molecule has 0 rings (SSSR count). The Morgan fingerprint density at radius 2 is 2.24 bits per heavy atom. The van der Waals surface area contributed by atoms with Gasteiger partial charge in [0.15, 0.2) is 0 Å². The van der Waals surface area contributed by atoms with Gasteiger partial charge in [-0.1, -0.05) is 5.92 Å². The van der Waals surface area contributed by atoms with Gasteiger partial charge in [-0.05, 0) is 25.4 Å². The Morgan fingerprint density at radius 3 is 2.65 bits per heavy atom. The average Bonchev–Trinajstić information content (AvgIpc) is 2.30. The monoisotopic (exact) mass is 258 g/mol. The molecule has 6 heteroatoms. The highest BCUT2D eigenvalue weighted by atomic mass is 32.2. The number of nitrogens with zero attached hydrogens (tertiary/aromatic N) is 1. The molecule has 1 atom stereocenters. The molecule has 0 fully saturated rings. The zero-order valence-electron chi connectivity index (χ0n) is 10.1. The Balaban J connectivity index is 4.38. The summed E-state index contributed by atoms with van der Waals surface area (Å²) in [6, 6.07) is -1.29. The molecule has 96 valence electrons. The van der Waals surface area contributed by atoms with Crippen LogP contribution in [-0.2, 0) is 4.79 Å². The summed E-state index contributed by atoms with van der Waals surface area (Å²) >= 11 is 1.54. The largest absolute Gasteiger partial charge is 0.480 e. The maximum Gasteiger partial charge on any atom is 0.326 e. The van der Waals surface area contributed by atoms with Crippen LogP contribution in [0.1, 0.15) is 13.3 Å². The third-order valence-electron chi connectivity index (χ3n) is 2.16. The quantitative estimate of drug-likeness (QED) is 0.664. The molecule has 2 amide bonds. The summed E-state index contributed by atoms with van der Waals surface area (Å²) in [5, 5.41) is 11.4. The zero-order valence-corrected chi connectivity index (χ0v) is 10.9. The number of carbonyl (C=O) groups excluding carboxylic acids is 1. The van der Waals surface area contributed by atoms with E-state index in [1.165, 1.54) is 16.7 Å². The Bertz CT molecular complexity index is 302. The SMILES string of the molecule is C#CCN(CC)C(=O)N[C@H](CCSC)C(=O)O. The highest BCUT2D eigenvalue weighted by Crippen LogP contribution is 2.02. The highest BCUT2D eigenvalue weighted by molar-refractivity contribution is 7.98. The van der Waals surface area contributed by atoms with Crippen molar-refractivity contribution in [1.29, 1.82) is 0 Å². The number of hydrogen-bond acceptors (Lipinski definition) is 3. The van der Waals surface area contributed by atoms with Crippen molar-refractivity contribution in [2.24, 2.45) is 0 Å². The summed E-state index contributed by atoms with van der Waals surface area (Å²) in [7, 11) is 0. The number of thioether (sulfide) groups is 1. The number of aliphatic carboxylic acids is 1. The van der Waals surface area contributed by atoms with Gasteiger partial charge >= 0.3 is 12.0 Å². The lowest BCUT2D eigenvalue weighted by molar-refractivity contribution is -0.139. The van der Waals surface area contributed by atoms with Crippen molar-refractivity contribution in [3.05, 3.63) is 0 Å². The summed E-state index contributed by atoms with van der Waals surface area (Å²) in [5.41, 5.74) is 0. The molecule has 0 aliphatic heterocycles. The first kappa shape index (κ1) is 15.7. The maximum absolute atomic E-state index is 11.7. The molecule has 0 radical (unpaired) electrons. The Morgan fingerprint density at radius 1 is 1.59 bits per heavy atom. The van der Waals surface area contributed by atoms with E-state index in [0.29, 0.717) is 18.7 Å². The zero-order chi connectivity index (χ0) is 13.3. The Hall–Kier alpha value is -1.35. The molecule has 0 unspecified atom stereocenters. The minimum Gasteiger partial charge on any atom is -0.480 e. The number of rotatable bonds is 7. The van der Waals surface area contributed by atoms with Gasteiger partial charge in [-0.15, -0.1) is 6.42 Å². The molecule has 0 saturated heterocycles. The van der Waals surface area contributed by atoms with Crippen LogP contribution in [0.15, 0.2) is 0 Å². The molecule has 0 aliphatic rings. The van der Waals surface area contributed by atoms with E-state index in [4.69, 9.17) is 11.5 Å². The van der Waals surface area contributed by atoms with Crippen molar-refractivity contribution in [2.45, 2.75) is 19.4 Å². The number of amides is 2. The smallest absolute Gasteiger partial charge is 0.326 e. The van der Waals surface area contributed by atoms with Gasteiger partial charge < -0.3 is 15.3 Å². The summed E-state index contributed by atoms with van der Waals surface area (Å²) < 4.78 is 0. The highest BCUT2D eigenvalue weighted by Gasteiger charge is 2.21. The summed E-state index contributed by atoms with van der Waals surface area (Å²) in [6.07, 6.45) is 7.41. The first-order chi connectivity index (χ1) is 8.06. The molecular formula is C11H18N2O3S. The molecule has 0 bridgehead atoms. The van der Waals surface area contributed by atoms with Crippen LogP contribution in [0, 0.1) is 12.3 Å². The number of carbonyl (C=O) groups is 2. The summed E-state index contributed by atoms with van der Waals surface area (Å²) in [4.78, 5) is 24.0. The molecular weight excluding hydrogens is 240 g/mol. The van der Waals surface area contributed by atoms with Crippen LogP contribution < -0.4 is 5.32 Å². The lowest BCUT2D eigenvalue weighted by Gasteiger charge is -2.21. The second kappa shape index (κ2) is 8.76. The maximum atomic E-state index is 11.7. The second-order valence-corrected chi connectivity index (χ2v) is 4.33. The number of terminal acetylenes is 1. The van der Waals surface area contributed by atoms with Gasteiger partial charge in [-0.3, -0.25) is 0 Å². The fraction of sp³-hybridized carbons (Fsp3) is 0.636. The molecule has 0 aromatic carbocycles. The molecule has 2 N–H and O–H groups in total. The number of urea groups is 1. The van der Waals surface area contributed by atoms with Gasteiger partial charge in [-0.25, -0.2) is 9.59 Å². The topological polar surface area (TPSA) is 69.6 Å². The molecule has 0 aliphatic carbocycles. The molecule has 0 heterocycles. The Kier molecular flexibility index (Phi) is 8.07. The molecule has 17 heavy (non-hydrogen) atoms. The van der Waals surface area contributed by atoms with E-state index < -0.39 is 18.0 Å². The number of carboxylic acid groups (broad SMARTS) is 1. The van der Waals surface area contributed by atoms with Crippen LogP contribution in [0.3, 0.4) is 0 Å². The fourth-order valence-electron chi connectivity index (χ4n) is 1.17. The predicted octanol–water partition coefficient (Wildman–Crippen LogP) is 0.857. The van der Waals surface area contributed by atoms with Crippen molar-refractivity contribution in [3.8, 4) is 12.3 Å². The van der Waals surface area contributed by atoms with Gasteiger partial charge in [0.25, 0.3) is 0 Å². The third kappa shape index (κ3) is 6.07. The normalized spacial score (nSPS) is 11.4. The van der Waals surface area contributed by atoms with E-state index in [1.807, 2.05) is 6.26 Å². The first-order valence-corrected chi connectivity index (χ1v) is 6.66. The van der Waals surface area contributed by atoms with E-state index >= 15 is 0 Å². The van der Waals surface area contributed by atoms with Gasteiger partial charge in [-0.2, -0.15) is 11.8 Å². The van der Waals surface area contributed by atoms with Gasteiger partial charge in [0.1, 0.15) is 6.04 Å². The Labute approximate surface area is 106 Å². The van der Waals surface area contributed by atoms with E-state index in [-0.39, 0.29) is 6.54 Å². The minimum atomic E-state index is -1.02. The number of nitrogens with one attached hydrogen (secondary N) is 1. The third-order valence-corrected chi connectivity index (χ3v) is 2.80. The van der Waals surface area contributed by atoms with Gasteiger partial charge in [0.05, 0.1) is 6.54 Å². The van der Waals surface area contributed by atoms with Crippen LogP contribution in [0.25, 0.3) is 0 Å². The summed E-state index contributed by atoms with van der Waals surface area (Å²) in [5.74, 6) is 2.01. The van der Waals surface area contributed by atoms with Gasteiger partial charge in [0.2, 0.25) is 0 Å². The van der Waals surface area contributed by atoms with Crippen LogP contribution in [-0.4, -0.2) is 53.1 Å². The minimum absolute atomic E-state index is 0.178. The van der Waals surface area contributed by atoms with E-state index in [2.05, 4.69) is 11.2 Å². The standard InChI is InChI=1S/C11H18N2O3S/c1-4-7-13(5-2)11(16)12-9(10(14)15)6-8-17-3/h1,9H,5-8H2,2-3H3,(H,12,16)(H,14,15)/t9-/m1/s1. The van der Waals surface area contributed by atoms with Crippen molar-refractivity contribution >= 4 is 23.8 Å². The van der Waals surface area contributed by atoms with E-state index in [1.54, 1.807) is 6.92 Å². The molecule has 0 spiro atoms. The lowest BCUT2D eigenvalue weighted by Crippen LogP contribution is -2.48. The summed E-state index contributed by atoms with van der Waals surface area (Å²) in [6.45, 7) is 2.41. The van der Waals surface area contributed by atoms with E-state index in [0.717, 1.165) is 0 Å². The molecule has 0 aromatic rings. The predicted molar refractivity (Wildman–Crippen MR) is 69.0 cm³/mol.